The first-order valence-corrected chi connectivity index (χ1v) is 11.7. The molecule has 0 bridgehead atoms. The zero-order valence-electron chi connectivity index (χ0n) is 19.9. The first-order chi connectivity index (χ1) is 14.9. The van der Waals surface area contributed by atoms with Gasteiger partial charge in [-0.25, -0.2) is 4.79 Å². The molecule has 6 heteroatoms. The number of methoxy groups -OCH3 is 1. The number of ether oxygens (including phenoxy) is 2. The van der Waals surface area contributed by atoms with E-state index in [1.54, 1.807) is 17.9 Å². The lowest BCUT2D eigenvalue weighted by Gasteiger charge is -2.33. The standard InChI is InChI=1S/C26H31BrN2O3/c1-16-12-22(31-7)20(19-10-11-29(23(16)19)24(30)32-25(2,3)4)15-28-14-17-8-9-18(27)13-21(17)26(28,5)6/h8-13H,14-15H2,1-7H3. The summed E-state index contributed by atoms with van der Waals surface area (Å²) in [6.07, 6.45) is 1.43. The van der Waals surface area contributed by atoms with Gasteiger partial charge in [-0.3, -0.25) is 9.47 Å². The maximum absolute atomic E-state index is 12.9. The van der Waals surface area contributed by atoms with Gasteiger partial charge in [0.2, 0.25) is 0 Å². The fourth-order valence-electron chi connectivity index (χ4n) is 4.65. The molecule has 2 heterocycles. The summed E-state index contributed by atoms with van der Waals surface area (Å²) in [7, 11) is 1.70. The summed E-state index contributed by atoms with van der Waals surface area (Å²) in [6, 6.07) is 10.5. The van der Waals surface area contributed by atoms with Crippen molar-refractivity contribution in [3.8, 4) is 5.75 Å². The van der Waals surface area contributed by atoms with Crippen molar-refractivity contribution < 1.29 is 14.3 Å². The number of fused-ring (bicyclic) bond motifs is 2. The Balaban J connectivity index is 1.78. The van der Waals surface area contributed by atoms with E-state index in [1.165, 1.54) is 11.1 Å². The smallest absolute Gasteiger partial charge is 0.419 e. The molecule has 2 aromatic carbocycles. The molecule has 0 aliphatic carbocycles. The van der Waals surface area contributed by atoms with Crippen molar-refractivity contribution in [2.45, 2.75) is 65.8 Å². The SMILES string of the molecule is COc1cc(C)c2c(ccn2C(=O)OC(C)(C)C)c1CN1Cc2ccc(Br)cc2C1(C)C. The second kappa shape index (κ2) is 7.92. The zero-order chi connectivity index (χ0) is 23.4. The van der Waals surface area contributed by atoms with Crippen molar-refractivity contribution in [3.63, 3.8) is 0 Å². The Hall–Kier alpha value is -2.31. The van der Waals surface area contributed by atoms with Gasteiger partial charge in [-0.05, 0) is 82.5 Å². The summed E-state index contributed by atoms with van der Waals surface area (Å²) in [5.41, 5.74) is 4.91. The minimum Gasteiger partial charge on any atom is -0.496 e. The summed E-state index contributed by atoms with van der Waals surface area (Å²) in [4.78, 5) is 15.3. The van der Waals surface area contributed by atoms with Crippen molar-refractivity contribution in [2.24, 2.45) is 0 Å². The van der Waals surface area contributed by atoms with Crippen LogP contribution in [0.3, 0.4) is 0 Å². The first-order valence-electron chi connectivity index (χ1n) is 10.9. The van der Waals surface area contributed by atoms with Gasteiger partial charge in [-0.1, -0.05) is 22.0 Å². The molecule has 0 fully saturated rings. The predicted molar refractivity (Wildman–Crippen MR) is 131 cm³/mol. The van der Waals surface area contributed by atoms with Gasteiger partial charge in [0.25, 0.3) is 0 Å². The fraction of sp³-hybridized carbons (Fsp3) is 0.423. The number of aromatic nitrogens is 1. The number of hydrogen-bond acceptors (Lipinski definition) is 4. The number of halogens is 1. The predicted octanol–water partition coefficient (Wildman–Crippen LogP) is 6.75. The summed E-state index contributed by atoms with van der Waals surface area (Å²) in [6.45, 7) is 13.7. The second-order valence-corrected chi connectivity index (χ2v) is 10.9. The van der Waals surface area contributed by atoms with Crippen molar-refractivity contribution >= 4 is 32.9 Å². The summed E-state index contributed by atoms with van der Waals surface area (Å²) >= 11 is 3.62. The Morgan fingerprint density at radius 1 is 1.19 bits per heavy atom. The molecule has 0 unspecified atom stereocenters. The molecule has 5 nitrogen and oxygen atoms in total. The van der Waals surface area contributed by atoms with Crippen LogP contribution in [0, 0.1) is 6.92 Å². The van der Waals surface area contributed by atoms with Gasteiger partial charge < -0.3 is 9.47 Å². The third-order valence-corrected chi connectivity index (χ3v) is 6.77. The highest BCUT2D eigenvalue weighted by Crippen LogP contribution is 2.43. The fourth-order valence-corrected chi connectivity index (χ4v) is 5.01. The molecule has 0 saturated heterocycles. The van der Waals surface area contributed by atoms with E-state index in [0.717, 1.165) is 38.8 Å². The molecule has 0 radical (unpaired) electrons. The Morgan fingerprint density at radius 3 is 2.56 bits per heavy atom. The number of nitrogens with zero attached hydrogens (tertiary/aromatic N) is 2. The van der Waals surface area contributed by atoms with Gasteiger partial charge in [0.05, 0.1) is 12.6 Å². The lowest BCUT2D eigenvalue weighted by atomic mass is 9.93. The molecule has 1 aliphatic rings. The van der Waals surface area contributed by atoms with Crippen LogP contribution >= 0.6 is 15.9 Å². The van der Waals surface area contributed by atoms with Crippen LogP contribution in [-0.4, -0.2) is 28.3 Å². The van der Waals surface area contributed by atoms with Crippen LogP contribution in [0.15, 0.2) is 41.0 Å². The van der Waals surface area contributed by atoms with Crippen molar-refractivity contribution in [1.29, 1.82) is 0 Å². The molecule has 0 spiro atoms. The third-order valence-electron chi connectivity index (χ3n) is 6.27. The number of carbonyl (C=O) groups is 1. The van der Waals surface area contributed by atoms with Gasteiger partial charge in [-0.15, -0.1) is 0 Å². The van der Waals surface area contributed by atoms with Crippen LogP contribution in [0.1, 0.15) is 56.9 Å². The second-order valence-electron chi connectivity index (χ2n) is 10.0. The first kappa shape index (κ1) is 22.9. The van der Waals surface area contributed by atoms with E-state index < -0.39 is 5.60 Å². The maximum atomic E-state index is 12.9. The molecule has 1 aromatic heterocycles. The van der Waals surface area contributed by atoms with Gasteiger partial charge in [0.15, 0.2) is 0 Å². The van der Waals surface area contributed by atoms with Crippen LogP contribution in [0.25, 0.3) is 10.9 Å². The van der Waals surface area contributed by atoms with Crippen LogP contribution < -0.4 is 4.74 Å². The molecule has 1 aliphatic heterocycles. The summed E-state index contributed by atoms with van der Waals surface area (Å²) in [5, 5.41) is 1.01. The molecule has 170 valence electrons. The van der Waals surface area contributed by atoms with E-state index in [4.69, 9.17) is 9.47 Å². The van der Waals surface area contributed by atoms with Crippen LogP contribution in [0.2, 0.25) is 0 Å². The van der Waals surface area contributed by atoms with Gasteiger partial charge in [0.1, 0.15) is 11.4 Å². The monoisotopic (exact) mass is 498 g/mol. The molecule has 32 heavy (non-hydrogen) atoms. The van der Waals surface area contributed by atoms with Gasteiger partial charge in [0, 0.05) is 40.2 Å². The number of rotatable bonds is 3. The molecule has 0 N–H and O–H groups in total. The highest BCUT2D eigenvalue weighted by Gasteiger charge is 2.38. The largest absolute Gasteiger partial charge is 0.496 e. The van der Waals surface area contributed by atoms with E-state index in [0.29, 0.717) is 6.54 Å². The van der Waals surface area contributed by atoms with Crippen LogP contribution in [-0.2, 0) is 23.4 Å². The topological polar surface area (TPSA) is 43.7 Å². The lowest BCUT2D eigenvalue weighted by molar-refractivity contribution is 0.0544. The molecule has 3 aromatic rings. The minimum absolute atomic E-state index is 0.130. The number of aryl methyl sites for hydroxylation is 1. The zero-order valence-corrected chi connectivity index (χ0v) is 21.5. The molecule has 0 amide bonds. The Kier molecular flexibility index (Phi) is 5.66. The molecular weight excluding hydrogens is 468 g/mol. The van der Waals surface area contributed by atoms with E-state index in [2.05, 4.69) is 52.9 Å². The molecule has 0 atom stereocenters. The van der Waals surface area contributed by atoms with Crippen molar-refractivity contribution in [1.82, 2.24) is 9.47 Å². The number of carbonyl (C=O) groups excluding carboxylic acids is 1. The summed E-state index contributed by atoms with van der Waals surface area (Å²) < 4.78 is 14.1. The van der Waals surface area contributed by atoms with Gasteiger partial charge >= 0.3 is 6.09 Å². The van der Waals surface area contributed by atoms with E-state index in [-0.39, 0.29) is 11.6 Å². The average molecular weight is 499 g/mol. The van der Waals surface area contributed by atoms with Gasteiger partial charge in [-0.2, -0.15) is 0 Å². The van der Waals surface area contributed by atoms with Crippen LogP contribution in [0.5, 0.6) is 5.75 Å². The van der Waals surface area contributed by atoms with Crippen LogP contribution in [0.4, 0.5) is 4.79 Å². The number of hydrogen-bond donors (Lipinski definition) is 0. The van der Waals surface area contributed by atoms with Crippen molar-refractivity contribution in [3.05, 3.63) is 63.3 Å². The average Bonchev–Trinajstić information content (AvgIpc) is 3.23. The maximum Gasteiger partial charge on any atom is 0.419 e. The lowest BCUT2D eigenvalue weighted by Crippen LogP contribution is -2.35. The minimum atomic E-state index is -0.559. The summed E-state index contributed by atoms with van der Waals surface area (Å²) in [5.74, 6) is 0.838. The normalized spacial score (nSPS) is 15.8. The Bertz CT molecular complexity index is 1200. The molecule has 0 saturated carbocycles. The van der Waals surface area contributed by atoms with E-state index >= 15 is 0 Å². The Labute approximate surface area is 198 Å². The number of benzene rings is 2. The Morgan fingerprint density at radius 2 is 1.91 bits per heavy atom. The molecular formula is C26H31BrN2O3. The van der Waals surface area contributed by atoms with E-state index in [9.17, 15) is 4.79 Å². The highest BCUT2D eigenvalue weighted by molar-refractivity contribution is 9.10. The van der Waals surface area contributed by atoms with E-state index in [1.807, 2.05) is 39.8 Å². The van der Waals surface area contributed by atoms with Crippen molar-refractivity contribution in [2.75, 3.05) is 7.11 Å². The quantitative estimate of drug-likeness (QED) is 0.400. The highest BCUT2D eigenvalue weighted by atomic mass is 79.9. The third kappa shape index (κ3) is 3.95. The molecule has 4 rings (SSSR count).